The van der Waals surface area contributed by atoms with Crippen molar-refractivity contribution < 1.29 is 126 Å². The molecule has 0 saturated carbocycles. The van der Waals surface area contributed by atoms with E-state index >= 15 is 0 Å². The smallest absolute Gasteiger partial charge is 0.435 e. The van der Waals surface area contributed by atoms with Crippen molar-refractivity contribution in [2.75, 3.05) is 28.3 Å². The second-order valence-corrected chi connectivity index (χ2v) is 12.1. The summed E-state index contributed by atoms with van der Waals surface area (Å²) in [7, 11) is -23.6. The van der Waals surface area contributed by atoms with E-state index in [2.05, 4.69) is 15.6 Å². The summed E-state index contributed by atoms with van der Waals surface area (Å²) in [6.07, 6.45) is 0. The molecule has 0 atom stereocenters. The summed E-state index contributed by atoms with van der Waals surface area (Å²) >= 11 is 0. The van der Waals surface area contributed by atoms with E-state index in [1.807, 2.05) is 37.9 Å². The molecule has 48 heavy (non-hydrogen) atoms. The first kappa shape index (κ1) is 58.4. The van der Waals surface area contributed by atoms with Gasteiger partial charge in [0.05, 0.1) is 28.3 Å². The highest BCUT2D eigenvalue weighted by Crippen LogP contribution is 2.37. The number of ether oxygens (including phenoxy) is 1. The van der Waals surface area contributed by atoms with E-state index in [0.717, 1.165) is 10.9 Å². The van der Waals surface area contributed by atoms with Gasteiger partial charge in [-0.05, 0) is 17.3 Å². The molecule has 1 aromatic carbocycles. The normalized spacial score (nSPS) is 10.9. The number of fused-ring (bicyclic) bond motifs is 1. The third kappa shape index (κ3) is 120. The number of hydrogen-bond donors (Lipinski definition) is 14. The Hall–Kier alpha value is -1.83. The fraction of sp³-hybridized carbons (Fsp3) is 0.364. The summed E-state index contributed by atoms with van der Waals surface area (Å²) in [5.74, 6) is 0. The van der Waals surface area contributed by atoms with E-state index in [1.54, 1.807) is 19.2 Å². The minimum atomic E-state index is -5.14. The molecule has 0 spiro atoms. The summed E-state index contributed by atoms with van der Waals surface area (Å²) in [5.41, 5.74) is 1.33. The lowest BCUT2D eigenvalue weighted by Crippen LogP contribution is -2.28. The van der Waals surface area contributed by atoms with Gasteiger partial charge < -0.3 is 9.94 Å². The maximum Gasteiger partial charge on any atom is 0.507 e. The van der Waals surface area contributed by atoms with Gasteiger partial charge in [0.2, 0.25) is 0 Å². The quantitative estimate of drug-likeness (QED) is 0.0427. The zero-order valence-electron chi connectivity index (χ0n) is 23.7. The van der Waals surface area contributed by atoms with Crippen LogP contribution in [0.25, 0.3) is 11.0 Å². The largest absolute Gasteiger partial charge is 0.507 e. The molecule has 1 heterocycles. The molecule has 2 rings (SSSR count). The molecule has 37 heteroatoms. The minimum absolute atomic E-state index is 0.627. The molecular weight excluding hydrogens is 822 g/mol. The summed E-state index contributed by atoms with van der Waals surface area (Å²) < 4.78 is 121. The first-order valence-corrected chi connectivity index (χ1v) is 18.9. The molecule has 14 N–H and O–H groups in total. The molecule has 0 unspecified atom stereocenters. The lowest BCUT2D eigenvalue weighted by Gasteiger charge is -1.97. The zero-order chi connectivity index (χ0) is 40.5. The molecule has 25 nitrogen and oxygen atoms in total. The van der Waals surface area contributed by atoms with Crippen molar-refractivity contribution in [2.45, 2.75) is 0 Å². The third-order valence-electron chi connectivity index (χ3n) is 2.15. The number of nitrogens with zero attached hydrogens (tertiary/aromatic N) is 4. The number of halogens is 6. The fourth-order valence-electron chi connectivity index (χ4n) is 1.36. The van der Waals surface area contributed by atoms with Crippen molar-refractivity contribution in [1.82, 2.24) is 20.5 Å². The molecule has 290 valence electrons. The van der Waals surface area contributed by atoms with Crippen LogP contribution in [0.4, 0.5) is 25.2 Å². The summed E-state index contributed by atoms with van der Waals surface area (Å²) in [5, 5.41) is 18.9. The molecule has 0 fully saturated rings. The van der Waals surface area contributed by atoms with Gasteiger partial charge in [-0.15, -0.1) is 30.3 Å². The molecule has 0 saturated heterocycles. The van der Waals surface area contributed by atoms with Crippen LogP contribution in [0.5, 0.6) is 0 Å². The van der Waals surface area contributed by atoms with Gasteiger partial charge in [-0.3, -0.25) is 58.7 Å². The predicted molar refractivity (Wildman–Crippen MR) is 147 cm³/mol. The van der Waals surface area contributed by atoms with Gasteiger partial charge in [-0.25, -0.2) is 37.3 Å². The molecule has 0 radical (unpaired) electrons. The van der Waals surface area contributed by atoms with E-state index in [4.69, 9.17) is 96.1 Å². The van der Waals surface area contributed by atoms with E-state index in [1.165, 1.54) is 0 Å². The Morgan fingerprint density at radius 3 is 1.08 bits per heavy atom. The van der Waals surface area contributed by atoms with Crippen LogP contribution < -0.4 is 5.32 Å². The average molecular weight is 852 g/mol. The van der Waals surface area contributed by atoms with Gasteiger partial charge in [-0.1, -0.05) is 17.0 Å². The van der Waals surface area contributed by atoms with Gasteiger partial charge in [0.1, 0.15) is 11.0 Å². The molecule has 0 aliphatic carbocycles. The number of methoxy groups -OCH3 is 1. The molecule has 0 amide bonds. The van der Waals surface area contributed by atoms with E-state index < -0.39 is 47.4 Å². The number of nitrogens with one attached hydrogen (secondary N) is 1. The highest BCUT2D eigenvalue weighted by atomic mass is 31.2. The SMILES string of the molecule is CNC(OC)=[N+](C)C.O=P(O)(O)F.O=P(O)(O)F.O=P(O)(O)F.O=P(O)(O)F.O=P(O)(O)F.O=P(O)(O)F.On1nnc2ccccc21. The number of hydrogen-bond acceptors (Lipinski definition) is 10. The zero-order valence-corrected chi connectivity index (χ0v) is 29.1. The molecule has 0 bridgehead atoms. The van der Waals surface area contributed by atoms with Gasteiger partial charge in [0.25, 0.3) is 0 Å². The van der Waals surface area contributed by atoms with Crippen LogP contribution in [-0.4, -0.2) is 118 Å². The number of para-hydroxylation sites is 1. The molecule has 0 aliphatic rings. The maximum absolute atomic E-state index is 10.4. The standard InChI is InChI=1S/C6H5N3O.C5H12N2O.6FH2O3P/c10-9-6-4-2-1-3-5(6)7-8-9;1-6-5(8-4)7(2)3;6*1-5(2,3)4/h1-4,10H;1-4H3;6*(H2,2,3,4)/p+1. The summed E-state index contributed by atoms with van der Waals surface area (Å²) in [4.78, 5) is 84.3. The molecular formula is C11H30F6N5O20P6+. The second kappa shape index (κ2) is 27.0. The van der Waals surface area contributed by atoms with Gasteiger partial charge in [0, 0.05) is 0 Å². The van der Waals surface area contributed by atoms with Crippen LogP contribution in [-0.2, 0) is 32.1 Å². The second-order valence-electron chi connectivity index (χ2n) is 6.46. The predicted octanol–water partition coefficient (Wildman–Crippen LogP) is 0.441. The van der Waals surface area contributed by atoms with Crippen molar-refractivity contribution in [2.24, 2.45) is 0 Å². The van der Waals surface area contributed by atoms with Crippen LogP contribution >= 0.6 is 47.4 Å². The Balaban J connectivity index is -0.000000107. The van der Waals surface area contributed by atoms with Crippen LogP contribution in [0, 0.1) is 0 Å². The van der Waals surface area contributed by atoms with Crippen molar-refractivity contribution in [3.63, 3.8) is 0 Å². The van der Waals surface area contributed by atoms with E-state index in [0.29, 0.717) is 11.0 Å². The van der Waals surface area contributed by atoms with Gasteiger partial charge in [0.15, 0.2) is 0 Å². The van der Waals surface area contributed by atoms with Crippen molar-refractivity contribution in [3.05, 3.63) is 24.3 Å². The van der Waals surface area contributed by atoms with Gasteiger partial charge in [-0.2, -0.15) is 0 Å². The number of aromatic nitrogens is 3. The monoisotopic (exact) mass is 852 g/mol. The van der Waals surface area contributed by atoms with Crippen LogP contribution in [0.1, 0.15) is 0 Å². The first-order valence-electron chi connectivity index (χ1n) is 9.86. The van der Waals surface area contributed by atoms with E-state index in [-0.39, 0.29) is 0 Å². The fourth-order valence-corrected chi connectivity index (χ4v) is 1.36. The number of amidine groups is 1. The number of rotatable bonds is 0. The average Bonchev–Trinajstić information content (AvgIpc) is 3.09. The van der Waals surface area contributed by atoms with Crippen LogP contribution in [0.15, 0.2) is 24.3 Å². The van der Waals surface area contributed by atoms with Crippen molar-refractivity contribution in [3.8, 4) is 0 Å². The lowest BCUT2D eigenvalue weighted by atomic mass is 10.3. The molecule has 2 aromatic rings. The summed E-state index contributed by atoms with van der Waals surface area (Å²) in [6, 6.07) is 7.96. The Kier molecular flexibility index (Phi) is 32.8. The Bertz CT molecular complexity index is 1250. The molecule has 1 aromatic heterocycles. The third-order valence-corrected chi connectivity index (χ3v) is 2.15. The number of benzene rings is 1. The van der Waals surface area contributed by atoms with Crippen molar-refractivity contribution in [1.29, 1.82) is 0 Å². The Labute approximate surface area is 263 Å². The Morgan fingerprint density at radius 1 is 0.667 bits per heavy atom. The van der Waals surface area contributed by atoms with Gasteiger partial charge >= 0.3 is 53.5 Å². The van der Waals surface area contributed by atoms with E-state index in [9.17, 15) is 25.2 Å². The maximum atomic E-state index is 10.4. The highest BCUT2D eigenvalue weighted by Gasteiger charge is 2.07. The van der Waals surface area contributed by atoms with Crippen molar-refractivity contribution >= 4 is 64.5 Å². The van der Waals surface area contributed by atoms with Crippen LogP contribution in [0.2, 0.25) is 0 Å². The summed E-state index contributed by atoms with van der Waals surface area (Å²) in [6.45, 7) is 0. The van der Waals surface area contributed by atoms with Crippen LogP contribution in [0.3, 0.4) is 0 Å². The first-order chi connectivity index (χ1) is 20.6. The lowest BCUT2D eigenvalue weighted by molar-refractivity contribution is -0.476. The highest BCUT2D eigenvalue weighted by molar-refractivity contribution is 7.46. The Morgan fingerprint density at radius 2 is 0.917 bits per heavy atom. The minimum Gasteiger partial charge on any atom is -0.435 e. The molecule has 0 aliphatic heterocycles. The topological polar surface area (TPSA) is 420 Å².